The lowest BCUT2D eigenvalue weighted by molar-refractivity contribution is 0.661. The molecule has 0 nitrogen and oxygen atoms in total. The van der Waals surface area contributed by atoms with Crippen LogP contribution in [0.5, 0.6) is 0 Å². The lowest BCUT2D eigenvalue weighted by atomic mass is 9.81. The van der Waals surface area contributed by atoms with E-state index in [4.69, 9.17) is 0 Å². The molecule has 0 unspecified atom stereocenters. The van der Waals surface area contributed by atoms with Crippen LogP contribution in [0.4, 0.5) is 0 Å². The molecule has 0 spiro atoms. The normalized spacial score (nSPS) is 13.5. The summed E-state index contributed by atoms with van der Waals surface area (Å²) in [4.78, 5) is 0. The topological polar surface area (TPSA) is 0 Å². The Hall–Kier alpha value is -5.72. The van der Waals surface area contributed by atoms with Crippen LogP contribution < -0.4 is 0 Å². The van der Waals surface area contributed by atoms with Crippen molar-refractivity contribution < 1.29 is 0 Å². The van der Waals surface area contributed by atoms with Gasteiger partial charge in [-0.1, -0.05) is 147 Å². The van der Waals surface area contributed by atoms with Crippen LogP contribution in [0.3, 0.4) is 0 Å². The standard InChI is InChI=1S/C47H32/c1-47(2)43-24-23-34(27-41(43)42-25-31-12-3-4-13-32(31)28-44(42)47)46-38-17-9-7-15-36(38)45(37-16-8-10-18-39(37)46)33-22-21-30-20-19-29-11-5-6-14-35(29)40(30)26-33/h3-28H,1-2H3. The Morgan fingerprint density at radius 1 is 0.319 bits per heavy atom. The van der Waals surface area contributed by atoms with Crippen LogP contribution in [-0.2, 0) is 5.41 Å². The Kier molecular flexibility index (Phi) is 5.44. The first kappa shape index (κ1) is 26.5. The molecule has 0 saturated heterocycles. The molecule has 0 aliphatic heterocycles. The van der Waals surface area contributed by atoms with E-state index in [0.717, 1.165) is 0 Å². The van der Waals surface area contributed by atoms with Gasteiger partial charge in [-0.15, -0.1) is 0 Å². The molecule has 0 fully saturated rings. The van der Waals surface area contributed by atoms with Crippen molar-refractivity contribution in [3.63, 3.8) is 0 Å². The Morgan fingerprint density at radius 2 is 0.766 bits per heavy atom. The van der Waals surface area contributed by atoms with E-state index in [-0.39, 0.29) is 5.41 Å². The SMILES string of the molecule is CC1(C)c2ccc(-c3c4ccccc4c(-c4ccc5ccc6ccccc6c5c4)c4ccccc34)cc2-c2cc3ccccc3cc21. The van der Waals surface area contributed by atoms with Crippen LogP contribution >= 0.6 is 0 Å². The van der Waals surface area contributed by atoms with Gasteiger partial charge in [0.15, 0.2) is 0 Å². The van der Waals surface area contributed by atoms with Crippen molar-refractivity contribution in [3.8, 4) is 33.4 Å². The quantitative estimate of drug-likeness (QED) is 0.138. The van der Waals surface area contributed by atoms with Gasteiger partial charge in [0.05, 0.1) is 0 Å². The highest BCUT2D eigenvalue weighted by atomic mass is 14.4. The molecular formula is C47H32. The Morgan fingerprint density at radius 3 is 1.40 bits per heavy atom. The van der Waals surface area contributed by atoms with Crippen molar-refractivity contribution in [2.75, 3.05) is 0 Å². The van der Waals surface area contributed by atoms with Gasteiger partial charge < -0.3 is 0 Å². The first-order valence-corrected chi connectivity index (χ1v) is 16.6. The van der Waals surface area contributed by atoms with Crippen molar-refractivity contribution in [2.45, 2.75) is 19.3 Å². The summed E-state index contributed by atoms with van der Waals surface area (Å²) in [6.07, 6.45) is 0. The molecule has 0 heteroatoms. The molecule has 9 aromatic rings. The number of rotatable bonds is 2. The van der Waals surface area contributed by atoms with Crippen molar-refractivity contribution in [1.82, 2.24) is 0 Å². The molecule has 47 heavy (non-hydrogen) atoms. The lowest BCUT2D eigenvalue weighted by Gasteiger charge is -2.22. The third-order valence-corrected chi connectivity index (χ3v) is 10.8. The fourth-order valence-corrected chi connectivity index (χ4v) is 8.50. The summed E-state index contributed by atoms with van der Waals surface area (Å²) < 4.78 is 0. The van der Waals surface area contributed by atoms with Gasteiger partial charge in [-0.25, -0.2) is 0 Å². The fourth-order valence-electron chi connectivity index (χ4n) is 8.50. The summed E-state index contributed by atoms with van der Waals surface area (Å²) in [5.74, 6) is 0. The zero-order valence-corrected chi connectivity index (χ0v) is 26.5. The molecule has 9 aromatic carbocycles. The third kappa shape index (κ3) is 3.76. The molecule has 10 rings (SSSR count). The maximum Gasteiger partial charge on any atom is 0.0159 e. The first-order chi connectivity index (χ1) is 23.1. The molecular weight excluding hydrogens is 565 g/mol. The molecule has 220 valence electrons. The summed E-state index contributed by atoms with van der Waals surface area (Å²) >= 11 is 0. The molecule has 0 aromatic heterocycles. The average molecular weight is 597 g/mol. The fraction of sp³-hybridized carbons (Fsp3) is 0.0638. The number of fused-ring (bicyclic) bond motifs is 9. The first-order valence-electron chi connectivity index (χ1n) is 16.6. The minimum Gasteiger partial charge on any atom is -0.0616 e. The summed E-state index contributed by atoms with van der Waals surface area (Å²) in [6.45, 7) is 4.75. The second kappa shape index (κ2) is 9.64. The van der Waals surface area contributed by atoms with Crippen LogP contribution in [0.1, 0.15) is 25.0 Å². The number of hydrogen-bond donors (Lipinski definition) is 0. The predicted molar refractivity (Wildman–Crippen MR) is 202 cm³/mol. The molecule has 0 amide bonds. The van der Waals surface area contributed by atoms with Gasteiger partial charge in [0, 0.05) is 5.41 Å². The maximum absolute atomic E-state index is 2.47. The largest absolute Gasteiger partial charge is 0.0616 e. The van der Waals surface area contributed by atoms with E-state index in [2.05, 4.69) is 172 Å². The highest BCUT2D eigenvalue weighted by Gasteiger charge is 2.36. The van der Waals surface area contributed by atoms with Crippen LogP contribution in [0.2, 0.25) is 0 Å². The summed E-state index contributed by atoms with van der Waals surface area (Å²) in [5, 5.41) is 12.9. The predicted octanol–water partition coefficient (Wildman–Crippen LogP) is 13.1. The van der Waals surface area contributed by atoms with Gasteiger partial charge in [0.25, 0.3) is 0 Å². The maximum atomic E-state index is 2.47. The minimum absolute atomic E-state index is 0.0541. The van der Waals surface area contributed by atoms with Gasteiger partial charge in [0.1, 0.15) is 0 Å². The van der Waals surface area contributed by atoms with E-state index in [1.807, 2.05) is 0 Å². The van der Waals surface area contributed by atoms with Gasteiger partial charge in [-0.3, -0.25) is 0 Å². The third-order valence-electron chi connectivity index (χ3n) is 10.8. The average Bonchev–Trinajstić information content (AvgIpc) is 3.33. The van der Waals surface area contributed by atoms with Gasteiger partial charge in [-0.2, -0.15) is 0 Å². The van der Waals surface area contributed by atoms with Crippen LogP contribution in [0.25, 0.3) is 87.2 Å². The van der Waals surface area contributed by atoms with Gasteiger partial charge in [0.2, 0.25) is 0 Å². The van der Waals surface area contributed by atoms with Crippen LogP contribution in [-0.4, -0.2) is 0 Å². The van der Waals surface area contributed by atoms with E-state index >= 15 is 0 Å². The molecule has 0 bridgehead atoms. The second-order valence-corrected chi connectivity index (χ2v) is 13.7. The summed E-state index contributed by atoms with van der Waals surface area (Å²) in [6, 6.07) is 59.0. The zero-order chi connectivity index (χ0) is 31.3. The lowest BCUT2D eigenvalue weighted by Crippen LogP contribution is -2.14. The molecule has 0 saturated carbocycles. The molecule has 1 aliphatic rings. The Bertz CT molecular complexity index is 2700. The van der Waals surface area contributed by atoms with E-state index in [0.29, 0.717) is 0 Å². The summed E-state index contributed by atoms with van der Waals surface area (Å²) in [5.41, 5.74) is 10.6. The number of hydrogen-bond acceptors (Lipinski definition) is 0. The summed E-state index contributed by atoms with van der Waals surface area (Å²) in [7, 11) is 0. The highest BCUT2D eigenvalue weighted by molar-refractivity contribution is 6.22. The molecule has 0 atom stereocenters. The second-order valence-electron chi connectivity index (χ2n) is 13.7. The van der Waals surface area contributed by atoms with Gasteiger partial charge >= 0.3 is 0 Å². The number of benzene rings is 9. The Balaban J connectivity index is 1.25. The smallest absolute Gasteiger partial charge is 0.0159 e. The van der Waals surface area contributed by atoms with Gasteiger partial charge in [-0.05, 0) is 123 Å². The van der Waals surface area contributed by atoms with Crippen LogP contribution in [0.15, 0.2) is 158 Å². The van der Waals surface area contributed by atoms with E-state index in [9.17, 15) is 0 Å². The monoisotopic (exact) mass is 596 g/mol. The highest BCUT2D eigenvalue weighted by Crippen LogP contribution is 2.52. The van der Waals surface area contributed by atoms with Crippen molar-refractivity contribution in [1.29, 1.82) is 0 Å². The van der Waals surface area contributed by atoms with E-state index < -0.39 is 0 Å². The Labute approximate surface area is 274 Å². The molecule has 0 heterocycles. The van der Waals surface area contributed by atoms with Crippen molar-refractivity contribution in [2.24, 2.45) is 0 Å². The zero-order valence-electron chi connectivity index (χ0n) is 26.5. The molecule has 1 aliphatic carbocycles. The molecule has 0 N–H and O–H groups in total. The van der Waals surface area contributed by atoms with E-state index in [1.54, 1.807) is 0 Å². The van der Waals surface area contributed by atoms with Crippen LogP contribution in [0, 0.1) is 0 Å². The van der Waals surface area contributed by atoms with Crippen molar-refractivity contribution >= 4 is 53.9 Å². The van der Waals surface area contributed by atoms with E-state index in [1.165, 1.54) is 98.4 Å². The van der Waals surface area contributed by atoms with Crippen molar-refractivity contribution in [3.05, 3.63) is 169 Å². The minimum atomic E-state index is -0.0541. The molecule has 0 radical (unpaired) electrons.